The minimum absolute atomic E-state index is 0.292. The third-order valence-corrected chi connectivity index (χ3v) is 16.8. The minimum Gasteiger partial charge on any atom is -0.455 e. The van der Waals surface area contributed by atoms with Crippen LogP contribution < -0.4 is 9.80 Å². The third kappa shape index (κ3) is 5.54. The monoisotopic (exact) mass is 766 g/mol. The summed E-state index contributed by atoms with van der Waals surface area (Å²) in [5, 5.41) is 7.49. The van der Waals surface area contributed by atoms with Gasteiger partial charge < -0.3 is 14.2 Å². The molecule has 282 valence electrons. The Kier molecular flexibility index (Phi) is 8.03. The highest BCUT2D eigenvalue weighted by atomic mass is 28.3. The molecule has 3 unspecified atom stereocenters. The summed E-state index contributed by atoms with van der Waals surface area (Å²) in [6.07, 6.45) is 7.65. The van der Waals surface area contributed by atoms with E-state index >= 15 is 0 Å². The van der Waals surface area contributed by atoms with E-state index in [-0.39, 0.29) is 0 Å². The van der Waals surface area contributed by atoms with E-state index in [9.17, 15) is 0 Å². The minimum atomic E-state index is -1.31. The Hall–Kier alpha value is -6.36. The summed E-state index contributed by atoms with van der Waals surface area (Å²) in [4.78, 5) is 4.93. The average molecular weight is 767 g/mol. The van der Waals surface area contributed by atoms with Gasteiger partial charge in [-0.25, -0.2) is 0 Å². The van der Waals surface area contributed by atoms with Gasteiger partial charge in [-0.3, -0.25) is 0 Å². The van der Waals surface area contributed by atoms with Crippen molar-refractivity contribution in [2.75, 3.05) is 9.80 Å². The smallest absolute Gasteiger partial charge is 0.143 e. The summed E-state index contributed by atoms with van der Waals surface area (Å²) in [6.45, 7) is 7.63. The van der Waals surface area contributed by atoms with Crippen molar-refractivity contribution in [2.24, 2.45) is 5.92 Å². The van der Waals surface area contributed by atoms with Crippen LogP contribution in [-0.2, 0) is 0 Å². The SMILES string of the molecule is C[Si](C)(C)C12C=CC(N(c3ccccc3)c3ccc4c(c3)oc3c5ccc(N(c6ccccc6)c6ccccc6-c6ccccc6)cc5c5ccccc5c43)CC1C2. The highest BCUT2D eigenvalue weighted by Gasteiger charge is 2.61. The van der Waals surface area contributed by atoms with Crippen molar-refractivity contribution < 1.29 is 4.42 Å². The molecule has 1 heterocycles. The Balaban J connectivity index is 1.08. The highest BCUT2D eigenvalue weighted by molar-refractivity contribution is 6.80. The molecule has 58 heavy (non-hydrogen) atoms. The molecule has 1 aromatic heterocycles. The number of hydrogen-bond acceptors (Lipinski definition) is 3. The number of fused-ring (bicyclic) bond motifs is 9. The van der Waals surface area contributed by atoms with Crippen LogP contribution in [0.3, 0.4) is 0 Å². The van der Waals surface area contributed by atoms with Gasteiger partial charge in [0.05, 0.1) is 19.8 Å². The molecule has 4 heteroatoms. The van der Waals surface area contributed by atoms with Crippen LogP contribution in [0.2, 0.25) is 24.7 Å². The molecule has 11 rings (SSSR count). The first kappa shape index (κ1) is 34.9. The first-order valence-corrected chi connectivity index (χ1v) is 24.2. The molecule has 3 nitrogen and oxygen atoms in total. The molecule has 2 aliphatic carbocycles. The van der Waals surface area contributed by atoms with Crippen molar-refractivity contribution in [2.45, 2.75) is 43.6 Å². The highest BCUT2D eigenvalue weighted by Crippen LogP contribution is 2.70. The van der Waals surface area contributed by atoms with Crippen LogP contribution in [0.15, 0.2) is 192 Å². The predicted octanol–water partition coefficient (Wildman–Crippen LogP) is 15.6. The molecule has 1 saturated carbocycles. The number of furan rings is 1. The first-order valence-electron chi connectivity index (χ1n) is 20.7. The van der Waals surface area contributed by atoms with Crippen LogP contribution in [-0.4, -0.2) is 14.1 Å². The average Bonchev–Trinajstić information content (AvgIpc) is 3.91. The van der Waals surface area contributed by atoms with Crippen molar-refractivity contribution in [3.05, 3.63) is 188 Å². The van der Waals surface area contributed by atoms with Crippen molar-refractivity contribution >= 4 is 80.0 Å². The molecule has 0 bridgehead atoms. The van der Waals surface area contributed by atoms with Gasteiger partial charge in [0.1, 0.15) is 11.2 Å². The fraction of sp³-hybridized carbons (Fsp3) is 0.148. The van der Waals surface area contributed by atoms with Gasteiger partial charge in [0.2, 0.25) is 0 Å². The molecule has 1 fully saturated rings. The van der Waals surface area contributed by atoms with Gasteiger partial charge in [-0.2, -0.15) is 0 Å². The Labute approximate surface area is 341 Å². The molecule has 8 aromatic carbocycles. The Morgan fingerprint density at radius 1 is 0.552 bits per heavy atom. The molecule has 0 radical (unpaired) electrons. The zero-order valence-corrected chi connectivity index (χ0v) is 34.3. The maximum atomic E-state index is 7.07. The van der Waals surface area contributed by atoms with Gasteiger partial charge in [-0.15, -0.1) is 0 Å². The topological polar surface area (TPSA) is 19.6 Å². The lowest BCUT2D eigenvalue weighted by molar-refractivity contribution is 0.596. The Bertz CT molecular complexity index is 3020. The quantitative estimate of drug-likeness (QED) is 0.0872. The van der Waals surface area contributed by atoms with Gasteiger partial charge >= 0.3 is 0 Å². The van der Waals surface area contributed by atoms with Crippen LogP contribution in [0.1, 0.15) is 12.8 Å². The number of para-hydroxylation sites is 3. The second-order valence-electron chi connectivity index (χ2n) is 17.4. The maximum absolute atomic E-state index is 7.07. The standard InChI is InChI=1S/C54H46N2OSi/c1-58(2,3)54-32-31-43(33-38(54)36-54)55(39-19-9-5-10-20-39)42-28-30-48-51(35-42)57-53-47-29-27-41(34-49(47)45-24-13-14-25-46(45)52(48)53)56(40-21-11-6-12-22-40)50-26-16-15-23-44(50)37-17-7-4-8-18-37/h4-32,34-35,38,43H,33,36H2,1-3H3. The van der Waals surface area contributed by atoms with Crippen molar-refractivity contribution in [1.82, 2.24) is 0 Å². The van der Waals surface area contributed by atoms with E-state index in [1.54, 1.807) is 0 Å². The molecular weight excluding hydrogens is 721 g/mol. The lowest BCUT2D eigenvalue weighted by Crippen LogP contribution is -2.36. The Morgan fingerprint density at radius 3 is 1.93 bits per heavy atom. The maximum Gasteiger partial charge on any atom is 0.143 e. The molecule has 2 aliphatic rings. The van der Waals surface area contributed by atoms with E-state index < -0.39 is 8.07 Å². The zero-order chi connectivity index (χ0) is 39.0. The number of hydrogen-bond donors (Lipinski definition) is 0. The van der Waals surface area contributed by atoms with Gasteiger partial charge in [-0.05, 0) is 106 Å². The fourth-order valence-corrected chi connectivity index (χ4v) is 13.0. The first-order chi connectivity index (χ1) is 28.4. The van der Waals surface area contributed by atoms with E-state index in [1.165, 1.54) is 56.9 Å². The fourth-order valence-electron chi connectivity index (χ4n) is 10.2. The third-order valence-electron chi connectivity index (χ3n) is 13.2. The van der Waals surface area contributed by atoms with Gasteiger partial charge in [0, 0.05) is 50.5 Å². The van der Waals surface area contributed by atoms with Crippen molar-refractivity contribution in [3.63, 3.8) is 0 Å². The van der Waals surface area contributed by atoms with Gasteiger partial charge in [0.15, 0.2) is 0 Å². The molecule has 0 aliphatic heterocycles. The molecular formula is C54H46N2OSi. The van der Waals surface area contributed by atoms with Gasteiger partial charge in [-0.1, -0.05) is 141 Å². The van der Waals surface area contributed by atoms with Crippen molar-refractivity contribution in [1.29, 1.82) is 0 Å². The molecule has 0 saturated heterocycles. The summed E-state index contributed by atoms with van der Waals surface area (Å²) in [6, 6.07) is 63.9. The number of nitrogens with zero attached hydrogens (tertiary/aromatic N) is 2. The lowest BCUT2D eigenvalue weighted by Gasteiger charge is -2.37. The summed E-state index contributed by atoms with van der Waals surface area (Å²) in [5.41, 5.74) is 9.94. The van der Waals surface area contributed by atoms with Gasteiger partial charge in [0.25, 0.3) is 0 Å². The summed E-state index contributed by atoms with van der Waals surface area (Å²) >= 11 is 0. The molecule has 9 aromatic rings. The van der Waals surface area contributed by atoms with Crippen LogP contribution in [0, 0.1) is 5.92 Å². The summed E-state index contributed by atoms with van der Waals surface area (Å²) < 4.78 is 7.07. The second kappa shape index (κ2) is 13.4. The summed E-state index contributed by atoms with van der Waals surface area (Å²) in [7, 11) is -1.31. The van der Waals surface area contributed by atoms with Crippen LogP contribution in [0.25, 0.3) is 54.6 Å². The van der Waals surface area contributed by atoms with E-state index in [2.05, 4.69) is 218 Å². The number of benzene rings is 8. The van der Waals surface area contributed by atoms with Crippen LogP contribution in [0.4, 0.5) is 28.4 Å². The largest absolute Gasteiger partial charge is 0.455 e. The van der Waals surface area contributed by atoms with Crippen LogP contribution >= 0.6 is 0 Å². The van der Waals surface area contributed by atoms with E-state index in [1.807, 2.05) is 0 Å². The number of anilines is 5. The van der Waals surface area contributed by atoms with E-state index in [0.29, 0.717) is 11.1 Å². The van der Waals surface area contributed by atoms with E-state index in [0.717, 1.165) is 44.9 Å². The Morgan fingerprint density at radius 2 is 1.19 bits per heavy atom. The summed E-state index contributed by atoms with van der Waals surface area (Å²) in [5.74, 6) is 0.766. The zero-order valence-electron chi connectivity index (χ0n) is 33.3. The number of rotatable bonds is 8. The van der Waals surface area contributed by atoms with Crippen molar-refractivity contribution in [3.8, 4) is 11.1 Å². The number of allylic oxidation sites excluding steroid dienone is 1. The molecule has 0 spiro atoms. The second-order valence-corrected chi connectivity index (χ2v) is 22.8. The lowest BCUT2D eigenvalue weighted by atomic mass is 9.95. The molecule has 0 N–H and O–H groups in total. The predicted molar refractivity (Wildman–Crippen MR) is 249 cm³/mol. The van der Waals surface area contributed by atoms with E-state index in [4.69, 9.17) is 4.42 Å². The normalized spacial score (nSPS) is 18.8. The van der Waals surface area contributed by atoms with Crippen LogP contribution in [0.5, 0.6) is 0 Å². The molecule has 3 atom stereocenters. The molecule has 0 amide bonds.